The van der Waals surface area contributed by atoms with Gasteiger partial charge in [0.15, 0.2) is 0 Å². The van der Waals surface area contributed by atoms with Crippen molar-refractivity contribution in [3.8, 4) is 16.9 Å². The van der Waals surface area contributed by atoms with Crippen molar-refractivity contribution < 1.29 is 9.53 Å². The van der Waals surface area contributed by atoms with Crippen LogP contribution in [0.15, 0.2) is 65.0 Å². The minimum atomic E-state index is -0.309. The number of aryl methyl sites for hydroxylation is 1. The summed E-state index contributed by atoms with van der Waals surface area (Å²) >= 11 is 1.35. The highest BCUT2D eigenvalue weighted by Gasteiger charge is 2.14. The standard InChI is InChI=1S/C22H19N3O3S/c1-14-6-8-15(9-7-14)18-12-29-21-20(18)23-13-25(22(21)27)11-19(26)24-16-4-3-5-17(10-16)28-2/h3-10,12-13H,11H2,1-2H3,(H,24,26). The predicted octanol–water partition coefficient (Wildman–Crippen LogP) is 4.08. The fraction of sp³-hybridized carbons (Fsp3) is 0.136. The molecule has 0 unspecified atom stereocenters. The van der Waals surface area contributed by atoms with Crippen molar-refractivity contribution in [2.24, 2.45) is 0 Å². The number of hydrogen-bond donors (Lipinski definition) is 1. The summed E-state index contributed by atoms with van der Waals surface area (Å²) in [4.78, 5) is 29.7. The molecule has 2 aromatic heterocycles. The first-order valence-electron chi connectivity index (χ1n) is 9.03. The van der Waals surface area contributed by atoms with Crippen molar-refractivity contribution in [3.63, 3.8) is 0 Å². The molecule has 0 spiro atoms. The summed E-state index contributed by atoms with van der Waals surface area (Å²) in [6.45, 7) is 1.92. The SMILES string of the molecule is COc1cccc(NC(=O)Cn2cnc3c(-c4ccc(C)cc4)csc3c2=O)c1. The molecule has 4 rings (SSSR count). The molecule has 2 aromatic carbocycles. The Balaban J connectivity index is 1.58. The van der Waals surface area contributed by atoms with Crippen LogP contribution in [-0.2, 0) is 11.3 Å². The Morgan fingerprint density at radius 1 is 1.21 bits per heavy atom. The van der Waals surface area contributed by atoms with Gasteiger partial charge in [-0.1, -0.05) is 35.9 Å². The van der Waals surface area contributed by atoms with E-state index in [1.54, 1.807) is 31.4 Å². The molecule has 0 radical (unpaired) electrons. The highest BCUT2D eigenvalue weighted by Crippen LogP contribution is 2.30. The minimum absolute atomic E-state index is 0.114. The second kappa shape index (κ2) is 7.89. The zero-order chi connectivity index (χ0) is 20.4. The third-order valence-electron chi connectivity index (χ3n) is 4.58. The van der Waals surface area contributed by atoms with Crippen LogP contribution in [0.3, 0.4) is 0 Å². The Morgan fingerprint density at radius 2 is 2.00 bits per heavy atom. The monoisotopic (exact) mass is 405 g/mol. The van der Waals surface area contributed by atoms with Crippen LogP contribution in [0.2, 0.25) is 0 Å². The molecule has 146 valence electrons. The fourth-order valence-electron chi connectivity index (χ4n) is 3.05. The highest BCUT2D eigenvalue weighted by atomic mass is 32.1. The van der Waals surface area contributed by atoms with E-state index in [1.165, 1.54) is 27.8 Å². The molecule has 0 saturated heterocycles. The number of rotatable bonds is 5. The van der Waals surface area contributed by atoms with Gasteiger partial charge < -0.3 is 10.1 Å². The molecule has 7 heteroatoms. The number of benzene rings is 2. The lowest BCUT2D eigenvalue weighted by Gasteiger charge is -2.08. The molecular weight excluding hydrogens is 386 g/mol. The molecule has 0 saturated carbocycles. The van der Waals surface area contributed by atoms with Gasteiger partial charge in [-0.25, -0.2) is 4.98 Å². The number of thiophene rings is 1. The molecule has 29 heavy (non-hydrogen) atoms. The van der Waals surface area contributed by atoms with E-state index in [2.05, 4.69) is 10.3 Å². The van der Waals surface area contributed by atoms with Gasteiger partial charge in [-0.3, -0.25) is 14.2 Å². The van der Waals surface area contributed by atoms with Gasteiger partial charge in [0, 0.05) is 22.7 Å². The third kappa shape index (κ3) is 3.90. The lowest BCUT2D eigenvalue weighted by Crippen LogP contribution is -2.27. The van der Waals surface area contributed by atoms with Gasteiger partial charge in [-0.2, -0.15) is 0 Å². The largest absolute Gasteiger partial charge is 0.497 e. The number of amides is 1. The maximum absolute atomic E-state index is 12.8. The molecule has 6 nitrogen and oxygen atoms in total. The zero-order valence-electron chi connectivity index (χ0n) is 16.0. The van der Waals surface area contributed by atoms with Crippen molar-refractivity contribution in [3.05, 3.63) is 76.2 Å². The maximum Gasteiger partial charge on any atom is 0.271 e. The van der Waals surface area contributed by atoms with Gasteiger partial charge in [-0.15, -0.1) is 11.3 Å². The lowest BCUT2D eigenvalue weighted by atomic mass is 10.1. The topological polar surface area (TPSA) is 73.2 Å². The van der Waals surface area contributed by atoms with Crippen LogP contribution in [0.5, 0.6) is 5.75 Å². The summed E-state index contributed by atoms with van der Waals surface area (Å²) in [5.41, 5.74) is 4.16. The number of ether oxygens (including phenoxy) is 1. The number of nitrogens with one attached hydrogen (secondary N) is 1. The minimum Gasteiger partial charge on any atom is -0.497 e. The van der Waals surface area contributed by atoms with Crippen molar-refractivity contribution in [2.45, 2.75) is 13.5 Å². The summed E-state index contributed by atoms with van der Waals surface area (Å²) in [5.74, 6) is 0.335. The Labute approximate surface area is 171 Å². The molecule has 0 aliphatic heterocycles. The second-order valence-corrected chi connectivity index (χ2v) is 7.53. The van der Waals surface area contributed by atoms with E-state index in [9.17, 15) is 9.59 Å². The summed E-state index contributed by atoms with van der Waals surface area (Å²) in [6, 6.07) is 15.2. The van der Waals surface area contributed by atoms with Crippen molar-refractivity contribution in [2.75, 3.05) is 12.4 Å². The predicted molar refractivity (Wildman–Crippen MR) is 116 cm³/mol. The Morgan fingerprint density at radius 3 is 2.76 bits per heavy atom. The van der Waals surface area contributed by atoms with Gasteiger partial charge in [0.2, 0.25) is 5.91 Å². The normalized spacial score (nSPS) is 10.8. The van der Waals surface area contributed by atoms with Crippen molar-refractivity contribution in [1.29, 1.82) is 0 Å². The summed E-state index contributed by atoms with van der Waals surface area (Å²) in [6.07, 6.45) is 1.43. The lowest BCUT2D eigenvalue weighted by molar-refractivity contribution is -0.116. The zero-order valence-corrected chi connectivity index (χ0v) is 16.8. The van der Waals surface area contributed by atoms with Crippen LogP contribution < -0.4 is 15.6 Å². The first-order valence-corrected chi connectivity index (χ1v) is 9.90. The number of fused-ring (bicyclic) bond motifs is 1. The Kier molecular flexibility index (Phi) is 5.14. The average molecular weight is 405 g/mol. The highest BCUT2D eigenvalue weighted by molar-refractivity contribution is 7.17. The molecule has 0 fully saturated rings. The van der Waals surface area contributed by atoms with E-state index >= 15 is 0 Å². The first-order chi connectivity index (χ1) is 14.0. The van der Waals surface area contributed by atoms with Gasteiger partial charge in [0.25, 0.3) is 5.56 Å². The summed E-state index contributed by atoms with van der Waals surface area (Å²) in [5, 5.41) is 4.71. The second-order valence-electron chi connectivity index (χ2n) is 6.65. The van der Waals surface area contributed by atoms with Crippen LogP contribution >= 0.6 is 11.3 Å². The number of carbonyl (C=O) groups excluding carboxylic acids is 1. The Bertz CT molecular complexity index is 1240. The number of hydrogen-bond acceptors (Lipinski definition) is 5. The first kappa shape index (κ1) is 18.9. The quantitative estimate of drug-likeness (QED) is 0.543. The van der Waals surface area contributed by atoms with Gasteiger partial charge >= 0.3 is 0 Å². The number of aromatic nitrogens is 2. The molecule has 0 atom stereocenters. The third-order valence-corrected chi connectivity index (χ3v) is 5.53. The molecule has 0 bridgehead atoms. The molecular formula is C22H19N3O3S. The molecule has 0 aliphatic rings. The molecule has 2 heterocycles. The molecule has 1 amide bonds. The van der Waals surface area contributed by atoms with Gasteiger partial charge in [0.05, 0.1) is 19.0 Å². The molecule has 1 N–H and O–H groups in total. The number of nitrogens with zero attached hydrogens (tertiary/aromatic N) is 2. The van der Waals surface area contributed by atoms with Crippen LogP contribution in [0.4, 0.5) is 5.69 Å². The van der Waals surface area contributed by atoms with Crippen molar-refractivity contribution >= 4 is 33.1 Å². The van der Waals surface area contributed by atoms with E-state index in [0.717, 1.165) is 11.1 Å². The smallest absolute Gasteiger partial charge is 0.271 e. The summed E-state index contributed by atoms with van der Waals surface area (Å²) < 4.78 is 7.02. The molecule has 0 aliphatic carbocycles. The van der Waals surface area contributed by atoms with Gasteiger partial charge in [-0.05, 0) is 24.6 Å². The Hall–Kier alpha value is -3.45. The maximum atomic E-state index is 12.8. The van der Waals surface area contributed by atoms with Crippen LogP contribution in [0.1, 0.15) is 5.56 Å². The summed E-state index contributed by atoms with van der Waals surface area (Å²) in [7, 11) is 1.56. The molecule has 4 aromatic rings. The van der Waals surface area contributed by atoms with Crippen LogP contribution in [-0.4, -0.2) is 22.6 Å². The van der Waals surface area contributed by atoms with E-state index in [-0.39, 0.29) is 18.0 Å². The number of anilines is 1. The average Bonchev–Trinajstić information content (AvgIpc) is 3.15. The van der Waals surface area contributed by atoms with E-state index in [0.29, 0.717) is 21.7 Å². The van der Waals surface area contributed by atoms with Crippen LogP contribution in [0, 0.1) is 6.92 Å². The van der Waals surface area contributed by atoms with Gasteiger partial charge in [0.1, 0.15) is 17.0 Å². The number of methoxy groups -OCH3 is 1. The van der Waals surface area contributed by atoms with Crippen LogP contribution in [0.25, 0.3) is 21.3 Å². The number of carbonyl (C=O) groups is 1. The van der Waals surface area contributed by atoms with E-state index in [1.807, 2.05) is 36.6 Å². The van der Waals surface area contributed by atoms with Crippen molar-refractivity contribution in [1.82, 2.24) is 9.55 Å². The van der Waals surface area contributed by atoms with E-state index < -0.39 is 0 Å². The fourth-order valence-corrected chi connectivity index (χ4v) is 4.02. The van der Waals surface area contributed by atoms with E-state index in [4.69, 9.17) is 4.74 Å².